The van der Waals surface area contributed by atoms with Gasteiger partial charge in [-0.25, -0.2) is 8.78 Å². The molecule has 14 heavy (non-hydrogen) atoms. The minimum Gasteiger partial charge on any atom is -0.299 e. The summed E-state index contributed by atoms with van der Waals surface area (Å²) in [6, 6.07) is 0. The first kappa shape index (κ1) is 6.91. The van der Waals surface area contributed by atoms with Crippen molar-refractivity contribution in [3.8, 4) is 0 Å². The molecule has 5 saturated carbocycles. The van der Waals surface area contributed by atoms with Crippen LogP contribution in [0.25, 0.3) is 0 Å². The molecule has 0 aromatic carbocycles. The molecule has 0 aliphatic heterocycles. The second-order valence-corrected chi connectivity index (χ2v) is 5.90. The average Bonchev–Trinajstić information content (AvgIpc) is 2.52. The number of rotatable bonds is 0. The molecule has 5 aliphatic rings. The van der Waals surface area contributed by atoms with Gasteiger partial charge in [0.1, 0.15) is 5.78 Å². The van der Waals surface area contributed by atoms with Gasteiger partial charge in [-0.3, -0.25) is 4.79 Å². The molecule has 5 fully saturated rings. The number of ketones is 1. The van der Waals surface area contributed by atoms with Crippen molar-refractivity contribution in [2.24, 2.45) is 47.3 Å². The van der Waals surface area contributed by atoms with Gasteiger partial charge in [0, 0.05) is 23.7 Å². The molecule has 0 N–H and O–H groups in total. The summed E-state index contributed by atoms with van der Waals surface area (Å²) in [7, 11) is 0. The Hall–Kier alpha value is -0.470. The maximum absolute atomic E-state index is 13.9. The Balaban J connectivity index is 1.87. The molecule has 5 rings (SSSR count). The van der Waals surface area contributed by atoms with Gasteiger partial charge in [-0.15, -0.1) is 0 Å². The molecule has 0 amide bonds. The standard InChI is InChI=1S/C11H10F2O/c12-11(13)8-3-1-2-4-5(3)9(11)7(4)10(14)6(2)8/h2-9H,1H2/t2-,3-,4+,5?,6-,7+,8-,9-/m1/s1. The third-order valence-corrected chi connectivity index (χ3v) is 6.05. The van der Waals surface area contributed by atoms with E-state index in [1.54, 1.807) is 0 Å². The van der Waals surface area contributed by atoms with E-state index in [1.807, 2.05) is 0 Å². The molecule has 0 radical (unpaired) electrons. The lowest BCUT2D eigenvalue weighted by atomic mass is 9.59. The average molecular weight is 196 g/mol. The lowest BCUT2D eigenvalue weighted by molar-refractivity contribution is -0.174. The number of halogens is 2. The van der Waals surface area contributed by atoms with E-state index in [0.717, 1.165) is 6.42 Å². The first-order valence-electron chi connectivity index (χ1n) is 5.55. The molecule has 8 atom stereocenters. The smallest absolute Gasteiger partial charge is 0.255 e. The van der Waals surface area contributed by atoms with Crippen LogP contribution in [0.4, 0.5) is 8.78 Å². The summed E-state index contributed by atoms with van der Waals surface area (Å²) >= 11 is 0. The maximum Gasteiger partial charge on any atom is 0.255 e. The summed E-state index contributed by atoms with van der Waals surface area (Å²) in [4.78, 5) is 11.9. The van der Waals surface area contributed by atoms with E-state index in [1.165, 1.54) is 0 Å². The van der Waals surface area contributed by atoms with Crippen LogP contribution >= 0.6 is 0 Å². The lowest BCUT2D eigenvalue weighted by Gasteiger charge is -2.45. The molecule has 0 heterocycles. The largest absolute Gasteiger partial charge is 0.299 e. The summed E-state index contributed by atoms with van der Waals surface area (Å²) in [5.74, 6) is -2.54. The van der Waals surface area contributed by atoms with Gasteiger partial charge >= 0.3 is 0 Å². The van der Waals surface area contributed by atoms with Gasteiger partial charge in [0.05, 0.1) is 0 Å². The van der Waals surface area contributed by atoms with Crippen molar-refractivity contribution in [1.82, 2.24) is 0 Å². The van der Waals surface area contributed by atoms with Crippen LogP contribution in [-0.4, -0.2) is 11.7 Å². The van der Waals surface area contributed by atoms with E-state index in [-0.39, 0.29) is 29.5 Å². The van der Waals surface area contributed by atoms with Gasteiger partial charge in [-0.2, -0.15) is 0 Å². The minimum atomic E-state index is -2.49. The number of fused-ring (bicyclic) bond motifs is 2. The van der Waals surface area contributed by atoms with Crippen LogP contribution in [0.5, 0.6) is 0 Å². The molecule has 1 nitrogen and oxygen atoms in total. The van der Waals surface area contributed by atoms with Crippen molar-refractivity contribution in [2.75, 3.05) is 0 Å². The number of hydrogen-bond donors (Lipinski definition) is 0. The van der Waals surface area contributed by atoms with Crippen molar-refractivity contribution in [3.63, 3.8) is 0 Å². The van der Waals surface area contributed by atoms with Crippen LogP contribution in [0.3, 0.4) is 0 Å². The Kier molecular flexibility index (Phi) is 0.732. The molecular weight excluding hydrogens is 186 g/mol. The highest BCUT2D eigenvalue weighted by atomic mass is 19.3. The zero-order valence-electron chi connectivity index (χ0n) is 7.49. The third-order valence-electron chi connectivity index (χ3n) is 6.05. The Morgan fingerprint density at radius 2 is 1.86 bits per heavy atom. The SMILES string of the molecule is O=C1[C@@H]2[C@@H]3C[C@@H]4C5[C@H]3[C@H]1[C@@H]5C(F)(F)[C@@H]24. The van der Waals surface area contributed by atoms with Crippen LogP contribution in [0, 0.1) is 47.3 Å². The van der Waals surface area contributed by atoms with E-state index in [0.29, 0.717) is 11.8 Å². The van der Waals surface area contributed by atoms with E-state index in [2.05, 4.69) is 0 Å². The van der Waals surface area contributed by atoms with E-state index < -0.39 is 17.8 Å². The van der Waals surface area contributed by atoms with E-state index >= 15 is 0 Å². The summed E-state index contributed by atoms with van der Waals surface area (Å²) in [6.45, 7) is 0. The summed E-state index contributed by atoms with van der Waals surface area (Å²) in [5.41, 5.74) is 0. The molecule has 5 aliphatic carbocycles. The maximum atomic E-state index is 13.9. The molecule has 0 saturated heterocycles. The van der Waals surface area contributed by atoms with Gasteiger partial charge in [0.25, 0.3) is 5.92 Å². The van der Waals surface area contributed by atoms with Crippen molar-refractivity contribution < 1.29 is 13.6 Å². The van der Waals surface area contributed by atoms with E-state index in [9.17, 15) is 13.6 Å². The zero-order valence-corrected chi connectivity index (χ0v) is 7.49. The highest BCUT2D eigenvalue weighted by Crippen LogP contribution is 2.85. The first-order chi connectivity index (χ1) is 6.64. The molecule has 0 aromatic rings. The van der Waals surface area contributed by atoms with Crippen LogP contribution in [0.15, 0.2) is 0 Å². The molecule has 2 bridgehead atoms. The van der Waals surface area contributed by atoms with Gasteiger partial charge in [0.15, 0.2) is 0 Å². The van der Waals surface area contributed by atoms with Crippen molar-refractivity contribution in [2.45, 2.75) is 12.3 Å². The van der Waals surface area contributed by atoms with Crippen LogP contribution in [-0.2, 0) is 4.79 Å². The highest BCUT2D eigenvalue weighted by Gasteiger charge is 2.89. The highest BCUT2D eigenvalue weighted by molar-refractivity contribution is 5.91. The molecule has 1 unspecified atom stereocenters. The Bertz CT molecular complexity index is 391. The van der Waals surface area contributed by atoms with Crippen LogP contribution < -0.4 is 0 Å². The fraction of sp³-hybridized carbons (Fsp3) is 0.909. The van der Waals surface area contributed by atoms with Crippen LogP contribution in [0.2, 0.25) is 0 Å². The molecule has 74 valence electrons. The summed E-state index contributed by atoms with van der Waals surface area (Å²) in [6.07, 6.45) is 0.943. The summed E-state index contributed by atoms with van der Waals surface area (Å²) < 4.78 is 27.8. The van der Waals surface area contributed by atoms with Gasteiger partial charge < -0.3 is 0 Å². The van der Waals surface area contributed by atoms with Gasteiger partial charge in [-0.05, 0) is 30.1 Å². The van der Waals surface area contributed by atoms with Crippen molar-refractivity contribution in [1.29, 1.82) is 0 Å². The number of carbonyl (C=O) groups is 1. The van der Waals surface area contributed by atoms with Gasteiger partial charge in [0.2, 0.25) is 0 Å². The van der Waals surface area contributed by atoms with E-state index in [4.69, 9.17) is 0 Å². The summed E-state index contributed by atoms with van der Waals surface area (Å²) in [5, 5.41) is 0. The molecule has 0 aromatic heterocycles. The number of hydrogen-bond acceptors (Lipinski definition) is 1. The predicted octanol–water partition coefficient (Wildman–Crippen LogP) is 1.58. The lowest BCUT2D eigenvalue weighted by Crippen LogP contribution is -2.53. The molecule has 0 spiro atoms. The zero-order chi connectivity index (χ0) is 9.40. The second kappa shape index (κ2) is 1.48. The number of alkyl halides is 2. The Labute approximate surface area is 79.9 Å². The first-order valence-corrected chi connectivity index (χ1v) is 5.55. The number of carbonyl (C=O) groups excluding carboxylic acids is 1. The normalized spacial score (nSPS) is 73.4. The fourth-order valence-corrected chi connectivity index (χ4v) is 6.07. The Morgan fingerprint density at radius 1 is 1.07 bits per heavy atom. The predicted molar refractivity (Wildman–Crippen MR) is 42.5 cm³/mol. The minimum absolute atomic E-state index is 0.214. The van der Waals surface area contributed by atoms with Gasteiger partial charge in [-0.1, -0.05) is 0 Å². The van der Waals surface area contributed by atoms with Crippen LogP contribution in [0.1, 0.15) is 6.42 Å². The third kappa shape index (κ3) is 0.361. The fourth-order valence-electron chi connectivity index (χ4n) is 6.07. The monoisotopic (exact) mass is 196 g/mol. The molecule has 3 heteroatoms. The topological polar surface area (TPSA) is 17.1 Å². The Morgan fingerprint density at radius 3 is 2.64 bits per heavy atom. The quantitative estimate of drug-likeness (QED) is 0.575. The molecular formula is C11H10F2O. The second-order valence-electron chi connectivity index (χ2n) is 5.90. The number of Topliss-reactive ketones (excluding diaryl/α,β-unsaturated/α-hetero) is 1. The van der Waals surface area contributed by atoms with Crippen molar-refractivity contribution >= 4 is 5.78 Å². The van der Waals surface area contributed by atoms with Crippen molar-refractivity contribution in [3.05, 3.63) is 0 Å².